The van der Waals surface area contributed by atoms with Crippen LogP contribution in [0.5, 0.6) is 5.75 Å². The van der Waals surface area contributed by atoms with E-state index in [0.29, 0.717) is 25.4 Å². The van der Waals surface area contributed by atoms with Crippen LogP contribution in [0.2, 0.25) is 0 Å². The van der Waals surface area contributed by atoms with Crippen LogP contribution >= 0.6 is 0 Å². The number of Topliss-reactive ketones (excluding diaryl/α,β-unsaturated/α-hetero) is 1. The lowest BCUT2D eigenvalue weighted by atomic mass is 10.1. The van der Waals surface area contributed by atoms with E-state index in [9.17, 15) is 4.79 Å². The topological polar surface area (TPSA) is 44.8 Å². The summed E-state index contributed by atoms with van der Waals surface area (Å²) >= 11 is 0. The van der Waals surface area contributed by atoms with E-state index in [1.807, 2.05) is 12.1 Å². The number of carbonyl (C=O) groups is 1. The highest BCUT2D eigenvalue weighted by Gasteiger charge is 2.20. The highest BCUT2D eigenvalue weighted by Crippen LogP contribution is 2.16. The summed E-state index contributed by atoms with van der Waals surface area (Å²) in [5, 5.41) is 0. The molecule has 1 aromatic carbocycles. The SMILES string of the molecule is CCCOc1ccc(C(=O)CC2OCCO2)cc1. The van der Waals surface area contributed by atoms with Crippen molar-refractivity contribution in [3.05, 3.63) is 29.8 Å². The van der Waals surface area contributed by atoms with Crippen molar-refractivity contribution >= 4 is 5.78 Å². The molecule has 0 atom stereocenters. The van der Waals surface area contributed by atoms with Gasteiger partial charge >= 0.3 is 0 Å². The molecule has 1 aliphatic heterocycles. The monoisotopic (exact) mass is 250 g/mol. The first-order valence-corrected chi connectivity index (χ1v) is 6.29. The largest absolute Gasteiger partial charge is 0.494 e. The van der Waals surface area contributed by atoms with Gasteiger partial charge in [0.1, 0.15) is 5.75 Å². The number of benzene rings is 1. The zero-order valence-electron chi connectivity index (χ0n) is 10.6. The maximum atomic E-state index is 11.9. The minimum absolute atomic E-state index is 0.0314. The minimum atomic E-state index is -0.381. The smallest absolute Gasteiger partial charge is 0.167 e. The van der Waals surface area contributed by atoms with Crippen LogP contribution in [-0.4, -0.2) is 31.9 Å². The fourth-order valence-corrected chi connectivity index (χ4v) is 1.75. The normalized spacial score (nSPS) is 15.8. The van der Waals surface area contributed by atoms with E-state index in [2.05, 4.69) is 6.92 Å². The van der Waals surface area contributed by atoms with Gasteiger partial charge in [0.2, 0.25) is 0 Å². The highest BCUT2D eigenvalue weighted by atomic mass is 16.7. The molecule has 0 bridgehead atoms. The number of ether oxygens (including phenoxy) is 3. The molecule has 4 nitrogen and oxygen atoms in total. The second-order valence-electron chi connectivity index (χ2n) is 4.17. The van der Waals surface area contributed by atoms with Crippen molar-refractivity contribution in [1.29, 1.82) is 0 Å². The molecule has 0 N–H and O–H groups in total. The van der Waals surface area contributed by atoms with Gasteiger partial charge in [0.25, 0.3) is 0 Å². The second-order valence-corrected chi connectivity index (χ2v) is 4.17. The molecule has 1 saturated heterocycles. The third-order valence-electron chi connectivity index (χ3n) is 2.69. The number of ketones is 1. The summed E-state index contributed by atoms with van der Waals surface area (Å²) in [5.74, 6) is 0.825. The van der Waals surface area contributed by atoms with Crippen LogP contribution in [0, 0.1) is 0 Å². The van der Waals surface area contributed by atoms with Crippen molar-refractivity contribution in [3.8, 4) is 5.75 Å². The first-order valence-electron chi connectivity index (χ1n) is 6.29. The van der Waals surface area contributed by atoms with Crippen molar-refractivity contribution in [2.75, 3.05) is 19.8 Å². The maximum absolute atomic E-state index is 11.9. The molecule has 0 radical (unpaired) electrons. The second kappa shape index (κ2) is 6.52. The molecular weight excluding hydrogens is 232 g/mol. The lowest BCUT2D eigenvalue weighted by molar-refractivity contribution is -0.0407. The molecule has 2 rings (SSSR count). The van der Waals surface area contributed by atoms with Gasteiger partial charge in [0.15, 0.2) is 12.1 Å². The number of hydrogen-bond donors (Lipinski definition) is 0. The van der Waals surface area contributed by atoms with Crippen LogP contribution < -0.4 is 4.74 Å². The Labute approximate surface area is 107 Å². The van der Waals surface area contributed by atoms with Gasteiger partial charge in [0, 0.05) is 5.56 Å². The van der Waals surface area contributed by atoms with Gasteiger partial charge in [-0.25, -0.2) is 0 Å². The molecule has 98 valence electrons. The molecule has 1 heterocycles. The van der Waals surface area contributed by atoms with Crippen molar-refractivity contribution < 1.29 is 19.0 Å². The molecule has 0 aliphatic carbocycles. The Kier molecular flexibility index (Phi) is 4.73. The fraction of sp³-hybridized carbons (Fsp3) is 0.500. The number of rotatable bonds is 6. The summed E-state index contributed by atoms with van der Waals surface area (Å²) in [6.07, 6.45) is 0.861. The number of hydrogen-bond acceptors (Lipinski definition) is 4. The standard InChI is InChI=1S/C14H18O4/c1-2-7-16-12-5-3-11(4-6-12)13(15)10-14-17-8-9-18-14/h3-6,14H,2,7-10H2,1H3. The first-order chi connectivity index (χ1) is 8.79. The van der Waals surface area contributed by atoms with Gasteiger partial charge < -0.3 is 14.2 Å². The molecule has 1 aromatic rings. The molecule has 1 fully saturated rings. The van der Waals surface area contributed by atoms with E-state index in [0.717, 1.165) is 12.2 Å². The molecule has 18 heavy (non-hydrogen) atoms. The molecule has 0 amide bonds. The number of carbonyl (C=O) groups excluding carboxylic acids is 1. The molecule has 0 spiro atoms. The molecule has 0 unspecified atom stereocenters. The Balaban J connectivity index is 1.89. The van der Waals surface area contributed by atoms with E-state index in [-0.39, 0.29) is 18.5 Å². The Morgan fingerprint density at radius 1 is 1.28 bits per heavy atom. The zero-order chi connectivity index (χ0) is 12.8. The summed E-state index contributed by atoms with van der Waals surface area (Å²) in [5.41, 5.74) is 0.665. The highest BCUT2D eigenvalue weighted by molar-refractivity contribution is 5.96. The van der Waals surface area contributed by atoms with Crippen molar-refractivity contribution in [3.63, 3.8) is 0 Å². The van der Waals surface area contributed by atoms with Gasteiger partial charge in [-0.3, -0.25) is 4.79 Å². The van der Waals surface area contributed by atoms with Crippen molar-refractivity contribution in [2.45, 2.75) is 26.1 Å². The van der Waals surface area contributed by atoms with Crippen molar-refractivity contribution in [1.82, 2.24) is 0 Å². The third-order valence-corrected chi connectivity index (χ3v) is 2.69. The maximum Gasteiger partial charge on any atom is 0.167 e. The van der Waals surface area contributed by atoms with Crippen molar-refractivity contribution in [2.24, 2.45) is 0 Å². The summed E-state index contributed by atoms with van der Waals surface area (Å²) in [6, 6.07) is 7.20. The molecule has 0 aromatic heterocycles. The Hall–Kier alpha value is -1.39. The quantitative estimate of drug-likeness (QED) is 0.727. The van der Waals surface area contributed by atoms with Crippen LogP contribution in [0.15, 0.2) is 24.3 Å². The summed E-state index contributed by atoms with van der Waals surface area (Å²) < 4.78 is 16.0. The van der Waals surface area contributed by atoms with E-state index in [1.54, 1.807) is 12.1 Å². The van der Waals surface area contributed by atoms with Crippen LogP contribution in [-0.2, 0) is 9.47 Å². The molecule has 1 aliphatic rings. The predicted octanol–water partition coefficient (Wildman–Crippen LogP) is 2.42. The Morgan fingerprint density at radius 3 is 2.56 bits per heavy atom. The predicted molar refractivity (Wildman–Crippen MR) is 66.9 cm³/mol. The lowest BCUT2D eigenvalue weighted by Crippen LogP contribution is -2.14. The Bertz CT molecular complexity index is 379. The van der Waals surface area contributed by atoms with Gasteiger partial charge in [-0.2, -0.15) is 0 Å². The molecule has 0 saturated carbocycles. The average molecular weight is 250 g/mol. The van der Waals surface area contributed by atoms with E-state index < -0.39 is 0 Å². The summed E-state index contributed by atoms with van der Waals surface area (Å²) in [7, 11) is 0. The average Bonchev–Trinajstić information content (AvgIpc) is 2.89. The van der Waals surface area contributed by atoms with E-state index >= 15 is 0 Å². The van der Waals surface area contributed by atoms with Crippen LogP contribution in [0.1, 0.15) is 30.1 Å². The van der Waals surface area contributed by atoms with Gasteiger partial charge in [-0.1, -0.05) is 6.92 Å². The lowest BCUT2D eigenvalue weighted by Gasteiger charge is -2.08. The third kappa shape index (κ3) is 3.55. The summed E-state index contributed by atoms with van der Waals surface area (Å²) in [4.78, 5) is 11.9. The van der Waals surface area contributed by atoms with Crippen LogP contribution in [0.3, 0.4) is 0 Å². The minimum Gasteiger partial charge on any atom is -0.494 e. The van der Waals surface area contributed by atoms with E-state index in [1.165, 1.54) is 0 Å². The van der Waals surface area contributed by atoms with Crippen LogP contribution in [0.25, 0.3) is 0 Å². The van der Waals surface area contributed by atoms with Gasteiger partial charge in [-0.15, -0.1) is 0 Å². The molecular formula is C14H18O4. The zero-order valence-corrected chi connectivity index (χ0v) is 10.6. The van der Waals surface area contributed by atoms with Crippen LogP contribution in [0.4, 0.5) is 0 Å². The van der Waals surface area contributed by atoms with E-state index in [4.69, 9.17) is 14.2 Å². The summed E-state index contributed by atoms with van der Waals surface area (Å²) in [6.45, 7) is 3.89. The Morgan fingerprint density at radius 2 is 1.94 bits per heavy atom. The fourth-order valence-electron chi connectivity index (χ4n) is 1.75. The first kappa shape index (κ1) is 13.1. The van der Waals surface area contributed by atoms with Gasteiger partial charge in [0.05, 0.1) is 26.2 Å². The van der Waals surface area contributed by atoms with Gasteiger partial charge in [-0.05, 0) is 30.7 Å². The molecule has 4 heteroatoms.